The Morgan fingerprint density at radius 3 is 2.88 bits per heavy atom. The van der Waals surface area contributed by atoms with Gasteiger partial charge in [0.05, 0.1) is 11.8 Å². The third kappa shape index (κ3) is 3.46. The first-order valence-corrected chi connectivity index (χ1v) is 9.28. The van der Waals surface area contributed by atoms with Crippen molar-refractivity contribution in [2.24, 2.45) is 0 Å². The molecule has 0 atom stereocenters. The topological polar surface area (TPSA) is 70.9 Å². The van der Waals surface area contributed by atoms with Gasteiger partial charge < -0.3 is 10.4 Å². The van der Waals surface area contributed by atoms with Gasteiger partial charge >= 0.3 is 0 Å². The van der Waals surface area contributed by atoms with E-state index >= 15 is 0 Å². The number of anilines is 1. The number of aromatic nitrogens is 3. The van der Waals surface area contributed by atoms with Crippen LogP contribution >= 0.6 is 0 Å². The van der Waals surface area contributed by atoms with E-state index in [9.17, 15) is 9.50 Å². The summed E-state index contributed by atoms with van der Waals surface area (Å²) in [5.74, 6) is 0.125. The number of fused-ring (bicyclic) bond motifs is 1. The fourth-order valence-corrected chi connectivity index (χ4v) is 3.81. The van der Waals surface area contributed by atoms with Crippen molar-refractivity contribution in [1.29, 1.82) is 0 Å². The molecule has 1 saturated carbocycles. The van der Waals surface area contributed by atoms with E-state index in [2.05, 4.69) is 26.3 Å². The highest BCUT2D eigenvalue weighted by Crippen LogP contribution is 2.31. The number of aliphatic hydroxyl groups is 1. The molecule has 0 aromatic carbocycles. The zero-order valence-corrected chi connectivity index (χ0v) is 14.7. The molecule has 2 aromatic rings. The van der Waals surface area contributed by atoms with E-state index in [-0.39, 0.29) is 5.82 Å². The van der Waals surface area contributed by atoms with Crippen molar-refractivity contribution >= 4 is 11.4 Å². The van der Waals surface area contributed by atoms with Crippen LogP contribution in [0.4, 0.5) is 10.2 Å². The number of allylic oxidation sites excluding steroid dienone is 1. The molecule has 0 saturated heterocycles. The maximum absolute atomic E-state index is 14.2. The number of pyridine rings is 1. The molecule has 2 aliphatic carbocycles. The van der Waals surface area contributed by atoms with E-state index in [1.807, 2.05) is 12.1 Å². The van der Waals surface area contributed by atoms with E-state index in [1.54, 1.807) is 6.20 Å². The van der Waals surface area contributed by atoms with Gasteiger partial charge in [0.15, 0.2) is 17.5 Å². The fraction of sp³-hybridized carbons (Fsp3) is 0.450. The first-order valence-electron chi connectivity index (χ1n) is 9.28. The lowest BCUT2D eigenvalue weighted by atomic mass is 9.85. The van der Waals surface area contributed by atoms with Crippen molar-refractivity contribution in [3.63, 3.8) is 0 Å². The Labute approximate surface area is 152 Å². The van der Waals surface area contributed by atoms with Gasteiger partial charge in [-0.25, -0.2) is 14.4 Å². The summed E-state index contributed by atoms with van der Waals surface area (Å²) in [6.07, 6.45) is 11.5. The number of hydrogen-bond donors (Lipinski definition) is 2. The van der Waals surface area contributed by atoms with Crippen molar-refractivity contribution < 1.29 is 9.50 Å². The van der Waals surface area contributed by atoms with E-state index < -0.39 is 11.4 Å². The fourth-order valence-electron chi connectivity index (χ4n) is 3.81. The maximum Gasteiger partial charge on any atom is 0.183 e. The predicted molar refractivity (Wildman–Crippen MR) is 98.2 cm³/mol. The number of halogens is 1. The molecule has 5 nitrogen and oxygen atoms in total. The van der Waals surface area contributed by atoms with Gasteiger partial charge in [0.1, 0.15) is 0 Å². The van der Waals surface area contributed by atoms with Crippen LogP contribution in [-0.4, -0.2) is 32.2 Å². The molecule has 0 aliphatic heterocycles. The minimum absolute atomic E-state index is 0.144. The highest BCUT2D eigenvalue weighted by Gasteiger charge is 2.29. The van der Waals surface area contributed by atoms with Crippen LogP contribution in [0.5, 0.6) is 0 Å². The second-order valence-electron chi connectivity index (χ2n) is 7.18. The summed E-state index contributed by atoms with van der Waals surface area (Å²) in [4.78, 5) is 13.0. The third-order valence-electron chi connectivity index (χ3n) is 5.26. The second-order valence-corrected chi connectivity index (χ2v) is 7.18. The monoisotopic (exact) mass is 354 g/mol. The van der Waals surface area contributed by atoms with Crippen LogP contribution in [0, 0.1) is 5.82 Å². The molecule has 4 rings (SSSR count). The molecule has 0 unspecified atom stereocenters. The molecule has 0 spiro atoms. The van der Waals surface area contributed by atoms with Gasteiger partial charge in [-0.1, -0.05) is 31.4 Å². The van der Waals surface area contributed by atoms with Crippen LogP contribution in [-0.2, 0) is 6.42 Å². The van der Waals surface area contributed by atoms with E-state index in [1.165, 1.54) is 6.20 Å². The number of aryl methyl sites for hydroxylation is 1. The Kier molecular flexibility index (Phi) is 4.68. The first kappa shape index (κ1) is 17.1. The molecule has 2 heterocycles. The van der Waals surface area contributed by atoms with Gasteiger partial charge in [-0.15, -0.1) is 0 Å². The van der Waals surface area contributed by atoms with Crippen LogP contribution < -0.4 is 5.32 Å². The summed E-state index contributed by atoms with van der Waals surface area (Å²) in [7, 11) is 0. The minimum atomic E-state index is -0.781. The molecular weight excluding hydrogens is 331 g/mol. The van der Waals surface area contributed by atoms with Gasteiger partial charge in [-0.2, -0.15) is 0 Å². The van der Waals surface area contributed by atoms with Crippen LogP contribution in [0.15, 0.2) is 30.6 Å². The largest absolute Gasteiger partial charge is 0.388 e. The molecule has 6 heteroatoms. The SMILES string of the molecule is OC1(CNc2nc(C3=CCCc4ncccc43)ncc2F)CCCCC1. The molecule has 1 fully saturated rings. The quantitative estimate of drug-likeness (QED) is 0.879. The average Bonchev–Trinajstić information content (AvgIpc) is 2.68. The van der Waals surface area contributed by atoms with Gasteiger partial charge in [0, 0.05) is 29.6 Å². The van der Waals surface area contributed by atoms with Crippen molar-refractivity contribution in [1.82, 2.24) is 15.0 Å². The van der Waals surface area contributed by atoms with E-state index in [0.29, 0.717) is 12.4 Å². The Bertz CT molecular complexity index is 830. The van der Waals surface area contributed by atoms with Crippen LogP contribution in [0.3, 0.4) is 0 Å². The summed E-state index contributed by atoms with van der Waals surface area (Å²) in [6.45, 7) is 0.303. The molecule has 2 N–H and O–H groups in total. The van der Waals surface area contributed by atoms with Crippen molar-refractivity contribution in [3.05, 3.63) is 53.5 Å². The van der Waals surface area contributed by atoms with Crippen molar-refractivity contribution in [2.45, 2.75) is 50.5 Å². The molecular formula is C20H23FN4O. The molecule has 136 valence electrons. The normalized spacial score (nSPS) is 18.8. The standard InChI is InChI=1S/C20H23FN4O/c21-16-12-23-18(15-6-4-8-17-14(15)7-5-11-22-17)25-19(16)24-13-20(26)9-2-1-3-10-20/h5-7,11-12,26H,1-4,8-10,13H2,(H,23,24,25). The predicted octanol–water partition coefficient (Wildman–Crippen LogP) is 3.50. The third-order valence-corrected chi connectivity index (χ3v) is 5.26. The molecule has 0 radical (unpaired) electrons. The van der Waals surface area contributed by atoms with Crippen LogP contribution in [0.25, 0.3) is 5.57 Å². The van der Waals surface area contributed by atoms with Crippen molar-refractivity contribution in [3.8, 4) is 0 Å². The smallest absolute Gasteiger partial charge is 0.183 e. The van der Waals surface area contributed by atoms with E-state index in [0.717, 1.165) is 61.8 Å². The van der Waals surface area contributed by atoms with Gasteiger partial charge in [-0.05, 0) is 31.7 Å². The lowest BCUT2D eigenvalue weighted by Crippen LogP contribution is -2.39. The average molecular weight is 354 g/mol. The van der Waals surface area contributed by atoms with Crippen LogP contribution in [0.1, 0.15) is 55.6 Å². The molecule has 0 amide bonds. The summed E-state index contributed by atoms with van der Waals surface area (Å²) in [5.41, 5.74) is 2.13. The minimum Gasteiger partial charge on any atom is -0.388 e. The molecule has 0 bridgehead atoms. The number of hydrogen-bond acceptors (Lipinski definition) is 5. The van der Waals surface area contributed by atoms with Crippen LogP contribution in [0.2, 0.25) is 0 Å². The summed E-state index contributed by atoms with van der Waals surface area (Å²) in [6, 6.07) is 3.89. The zero-order valence-electron chi connectivity index (χ0n) is 14.7. The van der Waals surface area contributed by atoms with Gasteiger partial charge in [0.2, 0.25) is 0 Å². The summed E-state index contributed by atoms with van der Waals surface area (Å²) < 4.78 is 14.2. The van der Waals surface area contributed by atoms with Gasteiger partial charge in [0.25, 0.3) is 0 Å². The number of rotatable bonds is 4. The molecule has 2 aromatic heterocycles. The molecule has 2 aliphatic rings. The Morgan fingerprint density at radius 2 is 2.04 bits per heavy atom. The van der Waals surface area contributed by atoms with E-state index in [4.69, 9.17) is 0 Å². The van der Waals surface area contributed by atoms with Gasteiger partial charge in [-0.3, -0.25) is 4.98 Å². The zero-order chi connectivity index (χ0) is 18.0. The Hall–Kier alpha value is -2.34. The molecule has 26 heavy (non-hydrogen) atoms. The summed E-state index contributed by atoms with van der Waals surface area (Å²) in [5, 5.41) is 13.6. The number of nitrogens with one attached hydrogen (secondary N) is 1. The summed E-state index contributed by atoms with van der Waals surface area (Å²) >= 11 is 0. The Balaban J connectivity index is 1.58. The second kappa shape index (κ2) is 7.11. The maximum atomic E-state index is 14.2. The lowest BCUT2D eigenvalue weighted by Gasteiger charge is -2.32. The van der Waals surface area contributed by atoms with Crippen molar-refractivity contribution in [2.75, 3.05) is 11.9 Å². The highest BCUT2D eigenvalue weighted by atomic mass is 19.1. The Morgan fingerprint density at radius 1 is 1.19 bits per heavy atom. The number of nitrogens with zero attached hydrogens (tertiary/aromatic N) is 3. The lowest BCUT2D eigenvalue weighted by molar-refractivity contribution is 0.0166. The highest BCUT2D eigenvalue weighted by molar-refractivity contribution is 5.79. The first-order chi connectivity index (χ1) is 12.6.